The average Bonchev–Trinajstić information content (AvgIpc) is 2.12. The molecule has 0 fully saturated rings. The monoisotopic (exact) mass is 210 g/mol. The summed E-state index contributed by atoms with van der Waals surface area (Å²) in [6, 6.07) is 0. The Labute approximate surface area is 80.1 Å². The van der Waals surface area contributed by atoms with Crippen molar-refractivity contribution in [1.82, 2.24) is 0 Å². The van der Waals surface area contributed by atoms with Crippen LogP contribution in [-0.4, -0.2) is 32.6 Å². The van der Waals surface area contributed by atoms with Crippen molar-refractivity contribution in [2.75, 3.05) is 26.5 Å². The molecule has 80 valence electrons. The number of rotatable bonds is 7. The molecular weight excluding hydrogens is 191 g/mol. The van der Waals surface area contributed by atoms with E-state index in [4.69, 9.17) is 13.8 Å². The molecule has 0 saturated heterocycles. The molecule has 0 amide bonds. The van der Waals surface area contributed by atoms with E-state index in [1.165, 1.54) is 7.11 Å². The lowest BCUT2D eigenvalue weighted by Gasteiger charge is -2.14. The second-order valence-electron chi connectivity index (χ2n) is 2.86. The molecule has 0 aromatic heterocycles. The summed E-state index contributed by atoms with van der Waals surface area (Å²) >= 11 is 0. The first-order valence-electron chi connectivity index (χ1n) is 4.45. The third kappa shape index (κ3) is 6.22. The minimum absolute atomic E-state index is 0.173. The van der Waals surface area contributed by atoms with Crippen LogP contribution in [0.2, 0.25) is 0 Å². The van der Waals surface area contributed by atoms with Gasteiger partial charge in [-0.25, -0.2) is 0 Å². The van der Waals surface area contributed by atoms with E-state index in [1.54, 1.807) is 6.92 Å². The molecule has 4 nitrogen and oxygen atoms in total. The van der Waals surface area contributed by atoms with Gasteiger partial charge in [-0.15, -0.1) is 0 Å². The number of hydrogen-bond donors (Lipinski definition) is 0. The van der Waals surface area contributed by atoms with Gasteiger partial charge in [0, 0.05) is 13.3 Å². The highest BCUT2D eigenvalue weighted by Crippen LogP contribution is 2.46. The molecular formula is C8H19O4P. The fraction of sp³-hybridized carbons (Fsp3) is 1.00. The lowest BCUT2D eigenvalue weighted by atomic mass is 10.5. The van der Waals surface area contributed by atoms with Crippen LogP contribution in [0.15, 0.2) is 0 Å². The van der Waals surface area contributed by atoms with Crippen molar-refractivity contribution < 1.29 is 18.3 Å². The molecule has 5 heteroatoms. The van der Waals surface area contributed by atoms with Gasteiger partial charge in [-0.1, -0.05) is 6.92 Å². The van der Waals surface area contributed by atoms with E-state index in [0.29, 0.717) is 19.4 Å². The maximum absolute atomic E-state index is 11.5. The molecule has 0 saturated carbocycles. The molecule has 0 heterocycles. The van der Waals surface area contributed by atoms with E-state index in [0.717, 1.165) is 0 Å². The molecule has 0 aromatic carbocycles. The largest absolute Gasteiger partial charge is 0.376 e. The lowest BCUT2D eigenvalue weighted by Crippen LogP contribution is -2.09. The maximum Gasteiger partial charge on any atom is 0.330 e. The first-order chi connectivity index (χ1) is 6.04. The van der Waals surface area contributed by atoms with Gasteiger partial charge in [0.25, 0.3) is 0 Å². The zero-order chi connectivity index (χ0) is 10.3. The Hall–Kier alpha value is 0.110. The van der Waals surface area contributed by atoms with E-state index in [2.05, 4.69) is 0 Å². The van der Waals surface area contributed by atoms with Crippen LogP contribution in [0.1, 0.15) is 20.8 Å². The second kappa shape index (κ2) is 6.55. The maximum atomic E-state index is 11.5. The van der Waals surface area contributed by atoms with Crippen LogP contribution in [-0.2, 0) is 18.3 Å². The van der Waals surface area contributed by atoms with Crippen LogP contribution in [0.4, 0.5) is 0 Å². The van der Waals surface area contributed by atoms with Crippen LogP contribution in [0.25, 0.3) is 0 Å². The molecule has 0 N–H and O–H groups in total. The Morgan fingerprint density at radius 3 is 2.31 bits per heavy atom. The highest BCUT2D eigenvalue weighted by molar-refractivity contribution is 7.53. The van der Waals surface area contributed by atoms with Crippen LogP contribution in [0.3, 0.4) is 0 Å². The molecule has 0 aromatic rings. The second-order valence-corrected chi connectivity index (χ2v) is 5.34. The Morgan fingerprint density at radius 1 is 1.31 bits per heavy atom. The van der Waals surface area contributed by atoms with Gasteiger partial charge in [0.15, 0.2) is 0 Å². The zero-order valence-electron chi connectivity index (χ0n) is 8.78. The van der Waals surface area contributed by atoms with Gasteiger partial charge >= 0.3 is 7.60 Å². The highest BCUT2D eigenvalue weighted by Gasteiger charge is 2.18. The molecule has 0 aliphatic heterocycles. The third-order valence-corrected chi connectivity index (χ3v) is 3.39. The molecule has 0 rings (SSSR count). The highest BCUT2D eigenvalue weighted by atomic mass is 31.2. The van der Waals surface area contributed by atoms with E-state index >= 15 is 0 Å². The summed E-state index contributed by atoms with van der Waals surface area (Å²) in [6.45, 7) is 6.42. The van der Waals surface area contributed by atoms with Gasteiger partial charge in [0.05, 0.1) is 19.3 Å². The summed E-state index contributed by atoms with van der Waals surface area (Å²) in [6.07, 6.45) is 0.567. The summed E-state index contributed by atoms with van der Waals surface area (Å²) < 4.78 is 26.6. The summed E-state index contributed by atoms with van der Waals surface area (Å²) in [4.78, 5) is 0. The Morgan fingerprint density at radius 2 is 1.92 bits per heavy atom. The normalized spacial score (nSPS) is 16.1. The van der Waals surface area contributed by atoms with Crippen molar-refractivity contribution in [3.63, 3.8) is 0 Å². The van der Waals surface area contributed by atoms with Gasteiger partial charge in [-0.05, 0) is 13.8 Å². The quantitative estimate of drug-likeness (QED) is 0.477. The van der Waals surface area contributed by atoms with Crippen molar-refractivity contribution in [1.29, 1.82) is 0 Å². The van der Waals surface area contributed by atoms with Crippen molar-refractivity contribution >= 4 is 7.60 Å². The van der Waals surface area contributed by atoms with E-state index in [9.17, 15) is 4.57 Å². The summed E-state index contributed by atoms with van der Waals surface area (Å²) in [5.41, 5.74) is 0. The number of hydrogen-bond acceptors (Lipinski definition) is 4. The minimum atomic E-state index is -2.82. The van der Waals surface area contributed by atoms with E-state index in [-0.39, 0.29) is 6.10 Å². The van der Waals surface area contributed by atoms with Gasteiger partial charge in [-0.2, -0.15) is 0 Å². The standard InChI is InChI=1S/C8H19O4P/c1-5-13(9,10-4)12-7-6-11-8(2)3/h8H,5-7H2,1-4H3. The molecule has 13 heavy (non-hydrogen) atoms. The van der Waals surface area contributed by atoms with Gasteiger partial charge in [0.1, 0.15) is 0 Å². The van der Waals surface area contributed by atoms with Gasteiger partial charge < -0.3 is 13.8 Å². The number of ether oxygens (including phenoxy) is 1. The van der Waals surface area contributed by atoms with Crippen molar-refractivity contribution in [3.05, 3.63) is 0 Å². The van der Waals surface area contributed by atoms with Crippen molar-refractivity contribution in [2.24, 2.45) is 0 Å². The molecule has 0 aliphatic rings. The molecule has 0 spiro atoms. The topological polar surface area (TPSA) is 44.8 Å². The Kier molecular flexibility index (Phi) is 6.60. The molecule has 0 aliphatic carbocycles. The van der Waals surface area contributed by atoms with Gasteiger partial charge in [-0.3, -0.25) is 4.57 Å². The zero-order valence-corrected chi connectivity index (χ0v) is 9.67. The average molecular weight is 210 g/mol. The lowest BCUT2D eigenvalue weighted by molar-refractivity contribution is 0.0515. The SMILES string of the molecule is CCP(=O)(OC)OCCOC(C)C. The fourth-order valence-electron chi connectivity index (χ4n) is 0.733. The Balaban J connectivity index is 3.56. The van der Waals surface area contributed by atoms with Gasteiger partial charge in [0.2, 0.25) is 0 Å². The molecule has 0 bridgehead atoms. The summed E-state index contributed by atoms with van der Waals surface area (Å²) in [7, 11) is -1.42. The van der Waals surface area contributed by atoms with Crippen LogP contribution < -0.4 is 0 Å². The predicted octanol–water partition coefficient (Wildman–Crippen LogP) is 2.29. The van der Waals surface area contributed by atoms with Crippen molar-refractivity contribution in [2.45, 2.75) is 26.9 Å². The summed E-state index contributed by atoms with van der Waals surface area (Å²) in [5, 5.41) is 0. The van der Waals surface area contributed by atoms with E-state index in [1.807, 2.05) is 13.8 Å². The Bertz CT molecular complexity index is 162. The van der Waals surface area contributed by atoms with Crippen LogP contribution >= 0.6 is 7.60 Å². The fourth-order valence-corrected chi connectivity index (χ4v) is 1.63. The van der Waals surface area contributed by atoms with Crippen molar-refractivity contribution in [3.8, 4) is 0 Å². The third-order valence-electron chi connectivity index (χ3n) is 1.49. The van der Waals surface area contributed by atoms with Crippen LogP contribution in [0, 0.1) is 0 Å². The summed E-state index contributed by atoms with van der Waals surface area (Å²) in [5.74, 6) is 0. The molecule has 1 unspecified atom stereocenters. The first-order valence-corrected chi connectivity index (χ1v) is 6.17. The molecule has 0 radical (unpaired) electrons. The van der Waals surface area contributed by atoms with E-state index < -0.39 is 7.60 Å². The smallest absolute Gasteiger partial charge is 0.330 e. The predicted molar refractivity (Wildman–Crippen MR) is 52.2 cm³/mol. The van der Waals surface area contributed by atoms with Crippen LogP contribution in [0.5, 0.6) is 0 Å². The first kappa shape index (κ1) is 13.1. The minimum Gasteiger partial charge on any atom is -0.376 e. The molecule has 1 atom stereocenters.